The molecule has 0 aliphatic carbocycles. The van der Waals surface area contributed by atoms with Gasteiger partial charge in [-0.05, 0) is 42.3 Å². The number of nitrogens with zero attached hydrogens (tertiary/aromatic N) is 1. The van der Waals surface area contributed by atoms with Gasteiger partial charge in [0, 0.05) is 30.7 Å². The molecule has 3 rings (SSSR count). The van der Waals surface area contributed by atoms with Crippen molar-refractivity contribution < 1.29 is 9.18 Å². The Bertz CT molecular complexity index is 709. The number of carbonyl (C=O) groups excluding carboxylic acids is 1. The number of pyridine rings is 1. The Morgan fingerprint density at radius 1 is 1.33 bits per heavy atom. The number of rotatable bonds is 6. The molecule has 0 saturated heterocycles. The largest absolute Gasteiger partial charge is 0.324 e. The van der Waals surface area contributed by atoms with Crippen LogP contribution in [0.3, 0.4) is 0 Å². The predicted octanol–water partition coefficient (Wildman–Crippen LogP) is 3.13. The lowest BCUT2D eigenvalue weighted by Crippen LogP contribution is -2.25. The fourth-order valence-corrected chi connectivity index (χ4v) is 3.52. The van der Waals surface area contributed by atoms with E-state index in [1.165, 1.54) is 0 Å². The van der Waals surface area contributed by atoms with Crippen LogP contribution in [0.5, 0.6) is 0 Å². The van der Waals surface area contributed by atoms with E-state index in [-0.39, 0.29) is 17.4 Å². The van der Waals surface area contributed by atoms with Crippen LogP contribution < -0.4 is 10.6 Å². The zero-order valence-electron chi connectivity index (χ0n) is 13.3. The molecule has 0 bridgehead atoms. The Hall–Kier alpha value is -1.92. The quantitative estimate of drug-likeness (QED) is 0.790. The monoisotopic (exact) mass is 345 g/mol. The van der Waals surface area contributed by atoms with Gasteiger partial charge in [-0.15, -0.1) is 0 Å². The number of fused-ring (bicyclic) bond motifs is 1. The van der Waals surface area contributed by atoms with Gasteiger partial charge in [-0.2, -0.15) is 11.8 Å². The van der Waals surface area contributed by atoms with Crippen LogP contribution in [0.2, 0.25) is 0 Å². The Balaban J connectivity index is 1.48. The number of amides is 1. The van der Waals surface area contributed by atoms with Crippen LogP contribution in [0.1, 0.15) is 23.2 Å². The number of carbonyl (C=O) groups is 1. The molecule has 1 aromatic heterocycles. The summed E-state index contributed by atoms with van der Waals surface area (Å²) in [7, 11) is 0. The van der Waals surface area contributed by atoms with Crippen LogP contribution in [0.4, 0.5) is 10.1 Å². The van der Waals surface area contributed by atoms with Crippen molar-refractivity contribution >= 4 is 23.4 Å². The molecule has 0 spiro atoms. The van der Waals surface area contributed by atoms with Crippen molar-refractivity contribution in [3.05, 3.63) is 59.2 Å². The van der Waals surface area contributed by atoms with Crippen LogP contribution >= 0.6 is 11.8 Å². The van der Waals surface area contributed by atoms with Crippen LogP contribution in [0, 0.1) is 5.82 Å². The van der Waals surface area contributed by atoms with Crippen LogP contribution in [0.15, 0.2) is 36.5 Å². The second-order valence-corrected chi connectivity index (χ2v) is 6.77. The number of anilines is 1. The molecule has 0 saturated carbocycles. The standard InChI is InChI=1S/C18H20FN3OS/c19-18-15-6-9-20-11-13(15)4-5-16(18)22-17(23)7-10-24-12-14-3-1-2-8-21-14/h1-5,8,20H,6-7,9-12H2,(H,22,23). The zero-order valence-corrected chi connectivity index (χ0v) is 14.2. The van der Waals surface area contributed by atoms with Crippen molar-refractivity contribution in [3.8, 4) is 0 Å². The third-order valence-electron chi connectivity index (χ3n) is 3.93. The maximum absolute atomic E-state index is 14.5. The normalized spacial score (nSPS) is 13.4. The van der Waals surface area contributed by atoms with E-state index in [0.717, 1.165) is 29.1 Å². The van der Waals surface area contributed by atoms with Gasteiger partial charge in [0.15, 0.2) is 0 Å². The fourth-order valence-electron chi connectivity index (χ4n) is 2.67. The summed E-state index contributed by atoms with van der Waals surface area (Å²) in [5.74, 6) is 1.01. The van der Waals surface area contributed by atoms with Crippen LogP contribution in [-0.2, 0) is 23.5 Å². The highest BCUT2D eigenvalue weighted by atomic mass is 32.2. The summed E-state index contributed by atoms with van der Waals surface area (Å²) in [6.07, 6.45) is 2.78. The van der Waals surface area contributed by atoms with Crippen LogP contribution in [-0.4, -0.2) is 23.2 Å². The molecule has 2 aromatic rings. The third-order valence-corrected chi connectivity index (χ3v) is 4.92. The van der Waals surface area contributed by atoms with Crippen molar-refractivity contribution in [2.24, 2.45) is 0 Å². The highest BCUT2D eigenvalue weighted by molar-refractivity contribution is 7.98. The molecule has 24 heavy (non-hydrogen) atoms. The first kappa shape index (κ1) is 16.9. The van der Waals surface area contributed by atoms with E-state index in [2.05, 4.69) is 15.6 Å². The Morgan fingerprint density at radius 2 is 2.25 bits per heavy atom. The second-order valence-electron chi connectivity index (χ2n) is 5.66. The number of hydrogen-bond donors (Lipinski definition) is 2. The summed E-state index contributed by atoms with van der Waals surface area (Å²) >= 11 is 1.65. The first-order valence-corrected chi connectivity index (χ1v) is 9.18. The molecule has 0 radical (unpaired) electrons. The Labute approximate surface area is 145 Å². The molecular weight excluding hydrogens is 325 g/mol. The lowest BCUT2D eigenvalue weighted by atomic mass is 9.99. The smallest absolute Gasteiger partial charge is 0.225 e. The summed E-state index contributed by atoms with van der Waals surface area (Å²) in [6.45, 7) is 1.45. The van der Waals surface area contributed by atoms with Crippen molar-refractivity contribution in [1.29, 1.82) is 0 Å². The minimum absolute atomic E-state index is 0.156. The molecule has 0 fully saturated rings. The van der Waals surface area contributed by atoms with Gasteiger partial charge in [0.05, 0.1) is 11.4 Å². The molecule has 126 valence electrons. The van der Waals surface area contributed by atoms with Crippen molar-refractivity contribution in [2.45, 2.75) is 25.1 Å². The van der Waals surface area contributed by atoms with Gasteiger partial charge in [-0.25, -0.2) is 4.39 Å². The lowest BCUT2D eigenvalue weighted by molar-refractivity contribution is -0.115. The minimum Gasteiger partial charge on any atom is -0.324 e. The molecule has 2 heterocycles. The van der Waals surface area contributed by atoms with E-state index in [4.69, 9.17) is 0 Å². The SMILES string of the molecule is O=C(CCSCc1ccccn1)Nc1ccc2c(c1F)CCNC2. The van der Waals surface area contributed by atoms with E-state index in [0.29, 0.717) is 25.1 Å². The summed E-state index contributed by atoms with van der Waals surface area (Å²) in [5.41, 5.74) is 2.98. The average Bonchev–Trinajstić information content (AvgIpc) is 2.62. The third kappa shape index (κ3) is 4.33. The Morgan fingerprint density at radius 3 is 3.08 bits per heavy atom. The number of nitrogens with one attached hydrogen (secondary N) is 2. The highest BCUT2D eigenvalue weighted by Gasteiger charge is 2.17. The maximum Gasteiger partial charge on any atom is 0.225 e. The molecule has 1 aliphatic rings. The second kappa shape index (κ2) is 8.26. The molecule has 6 heteroatoms. The molecule has 0 atom stereocenters. The van der Waals surface area contributed by atoms with E-state index in [1.807, 2.05) is 24.3 Å². The van der Waals surface area contributed by atoms with Gasteiger partial charge in [0.25, 0.3) is 0 Å². The van der Waals surface area contributed by atoms with Gasteiger partial charge in [0.2, 0.25) is 5.91 Å². The van der Waals surface area contributed by atoms with Crippen molar-refractivity contribution in [3.63, 3.8) is 0 Å². The van der Waals surface area contributed by atoms with Crippen molar-refractivity contribution in [2.75, 3.05) is 17.6 Å². The number of benzene rings is 1. The number of aromatic nitrogens is 1. The maximum atomic E-state index is 14.5. The zero-order chi connectivity index (χ0) is 16.8. The van der Waals surface area contributed by atoms with E-state index in [1.54, 1.807) is 24.0 Å². The summed E-state index contributed by atoms with van der Waals surface area (Å²) in [6, 6.07) is 9.33. The molecule has 2 N–H and O–H groups in total. The molecular formula is C18H20FN3OS. The molecule has 4 nitrogen and oxygen atoms in total. The molecule has 1 amide bonds. The summed E-state index contributed by atoms with van der Waals surface area (Å²) in [4.78, 5) is 16.3. The fraction of sp³-hybridized carbons (Fsp3) is 0.333. The van der Waals surface area contributed by atoms with Gasteiger partial charge in [-0.1, -0.05) is 12.1 Å². The average molecular weight is 345 g/mol. The van der Waals surface area contributed by atoms with Gasteiger partial charge < -0.3 is 10.6 Å². The van der Waals surface area contributed by atoms with Gasteiger partial charge in [-0.3, -0.25) is 9.78 Å². The number of thioether (sulfide) groups is 1. The van der Waals surface area contributed by atoms with E-state index in [9.17, 15) is 9.18 Å². The molecule has 0 unspecified atom stereocenters. The van der Waals surface area contributed by atoms with Gasteiger partial charge in [0.1, 0.15) is 5.82 Å². The molecule has 1 aliphatic heterocycles. The van der Waals surface area contributed by atoms with Gasteiger partial charge >= 0.3 is 0 Å². The first-order chi connectivity index (χ1) is 11.7. The van der Waals surface area contributed by atoms with Crippen LogP contribution in [0.25, 0.3) is 0 Å². The highest BCUT2D eigenvalue weighted by Crippen LogP contribution is 2.24. The van der Waals surface area contributed by atoms with Crippen molar-refractivity contribution in [1.82, 2.24) is 10.3 Å². The lowest BCUT2D eigenvalue weighted by Gasteiger charge is -2.19. The number of halogens is 1. The topological polar surface area (TPSA) is 54.0 Å². The Kier molecular flexibility index (Phi) is 5.82. The predicted molar refractivity (Wildman–Crippen MR) is 95.5 cm³/mol. The molecule has 1 aromatic carbocycles. The summed E-state index contributed by atoms with van der Waals surface area (Å²) < 4.78 is 14.5. The number of hydrogen-bond acceptors (Lipinski definition) is 4. The minimum atomic E-state index is -0.288. The van der Waals surface area contributed by atoms with E-state index < -0.39 is 0 Å². The van der Waals surface area contributed by atoms with E-state index >= 15 is 0 Å². The summed E-state index contributed by atoms with van der Waals surface area (Å²) in [5, 5.41) is 5.91. The first-order valence-electron chi connectivity index (χ1n) is 8.02.